The van der Waals surface area contributed by atoms with Gasteiger partial charge >= 0.3 is 0 Å². The summed E-state index contributed by atoms with van der Waals surface area (Å²) in [6.45, 7) is 2.21. The first-order valence-corrected chi connectivity index (χ1v) is 9.10. The molecule has 27 heavy (non-hydrogen) atoms. The van der Waals surface area contributed by atoms with E-state index in [1.54, 1.807) is 18.2 Å². The van der Waals surface area contributed by atoms with Crippen molar-refractivity contribution in [3.05, 3.63) is 73.5 Å². The average molecular weight is 403 g/mol. The second-order valence-corrected chi connectivity index (χ2v) is 7.16. The van der Waals surface area contributed by atoms with E-state index in [1.165, 1.54) is 6.07 Å². The first kappa shape index (κ1) is 17.8. The molecule has 0 aliphatic carbocycles. The summed E-state index contributed by atoms with van der Waals surface area (Å²) in [7, 11) is 0. The number of benzene rings is 1. The molecule has 0 atom stereocenters. The quantitative estimate of drug-likeness (QED) is 0.392. The van der Waals surface area contributed by atoms with Gasteiger partial charge in [0.2, 0.25) is 0 Å². The van der Waals surface area contributed by atoms with Gasteiger partial charge in [0.05, 0.1) is 17.0 Å². The number of aromatic nitrogens is 2. The molecule has 1 N–H and O–H groups in total. The van der Waals surface area contributed by atoms with Crippen LogP contribution in [0.1, 0.15) is 17.0 Å². The number of hydrogen-bond acceptors (Lipinski definition) is 6. The molecule has 0 bridgehead atoms. The molecule has 2 aromatic heterocycles. The molecule has 4 rings (SSSR count). The molecule has 1 aliphatic rings. The number of nitrogens with zero attached hydrogens (tertiary/aromatic N) is 3. The number of H-pyrrole nitrogens is 1. The van der Waals surface area contributed by atoms with E-state index in [9.17, 15) is 10.1 Å². The molecule has 9 heteroatoms. The number of nitro groups is 1. The van der Waals surface area contributed by atoms with Gasteiger partial charge in [-0.3, -0.25) is 15.0 Å². The molecule has 0 fully saturated rings. The minimum atomic E-state index is -0.456. The van der Waals surface area contributed by atoms with Crippen LogP contribution in [0, 0.1) is 14.9 Å². The number of rotatable bonds is 4. The van der Waals surface area contributed by atoms with Gasteiger partial charge in [0.1, 0.15) is 11.5 Å². The Morgan fingerprint density at radius 1 is 1.37 bits per heavy atom. The molecule has 3 heterocycles. The lowest BCUT2D eigenvalue weighted by Gasteiger charge is -2.27. The fourth-order valence-electron chi connectivity index (χ4n) is 3.23. The highest BCUT2D eigenvalue weighted by atomic mass is 35.5. The van der Waals surface area contributed by atoms with Gasteiger partial charge in [-0.1, -0.05) is 11.6 Å². The van der Waals surface area contributed by atoms with E-state index < -0.39 is 4.92 Å². The van der Waals surface area contributed by atoms with Crippen LogP contribution in [-0.4, -0.2) is 26.3 Å². The van der Waals surface area contributed by atoms with Crippen LogP contribution in [0.5, 0.6) is 0 Å². The van der Waals surface area contributed by atoms with E-state index in [0.29, 0.717) is 27.7 Å². The molecule has 138 valence electrons. The lowest BCUT2D eigenvalue weighted by molar-refractivity contribution is -0.384. The van der Waals surface area contributed by atoms with E-state index in [1.807, 2.05) is 12.3 Å². The van der Waals surface area contributed by atoms with Gasteiger partial charge in [-0.2, -0.15) is 0 Å². The van der Waals surface area contributed by atoms with Crippen LogP contribution < -0.4 is 0 Å². The molecule has 7 nitrogen and oxygen atoms in total. The van der Waals surface area contributed by atoms with Gasteiger partial charge in [-0.05, 0) is 36.5 Å². The van der Waals surface area contributed by atoms with Crippen LogP contribution in [0.3, 0.4) is 0 Å². The first-order chi connectivity index (χ1) is 13.0. The van der Waals surface area contributed by atoms with E-state index in [0.717, 1.165) is 36.5 Å². The second-order valence-electron chi connectivity index (χ2n) is 6.34. The van der Waals surface area contributed by atoms with Crippen molar-refractivity contribution in [2.45, 2.75) is 19.5 Å². The summed E-state index contributed by atoms with van der Waals surface area (Å²) in [4.78, 5) is 20.4. The van der Waals surface area contributed by atoms with Crippen molar-refractivity contribution in [1.82, 2.24) is 14.9 Å². The minimum absolute atomic E-state index is 0.0726. The molecule has 1 aromatic carbocycles. The average Bonchev–Trinajstić information content (AvgIpc) is 3.10. The third-order valence-corrected chi connectivity index (χ3v) is 4.96. The zero-order valence-corrected chi connectivity index (χ0v) is 15.7. The van der Waals surface area contributed by atoms with Crippen molar-refractivity contribution in [2.75, 3.05) is 6.54 Å². The van der Waals surface area contributed by atoms with Crippen LogP contribution in [0.25, 0.3) is 11.3 Å². The lowest BCUT2D eigenvalue weighted by atomic mass is 10.1. The third kappa shape index (κ3) is 3.78. The van der Waals surface area contributed by atoms with Gasteiger partial charge < -0.3 is 9.40 Å². The maximum Gasteiger partial charge on any atom is 0.281 e. The molecule has 0 unspecified atom stereocenters. The third-order valence-electron chi connectivity index (χ3n) is 4.52. The summed E-state index contributed by atoms with van der Waals surface area (Å²) in [6.07, 6.45) is 2.67. The Morgan fingerprint density at radius 3 is 3.04 bits per heavy atom. The molecule has 0 amide bonds. The fourth-order valence-corrected chi connectivity index (χ4v) is 3.57. The van der Waals surface area contributed by atoms with Crippen LogP contribution in [0.4, 0.5) is 5.69 Å². The Labute approximate surface area is 164 Å². The van der Waals surface area contributed by atoms with E-state index in [2.05, 4.69) is 14.9 Å². The summed E-state index contributed by atoms with van der Waals surface area (Å²) in [6, 6.07) is 8.15. The summed E-state index contributed by atoms with van der Waals surface area (Å²) >= 11 is 10.9. The van der Waals surface area contributed by atoms with Crippen LogP contribution in [-0.2, 0) is 19.5 Å². The monoisotopic (exact) mass is 402 g/mol. The molecule has 0 spiro atoms. The Balaban J connectivity index is 1.53. The van der Waals surface area contributed by atoms with Gasteiger partial charge in [-0.15, -0.1) is 0 Å². The number of aromatic amines is 1. The zero-order chi connectivity index (χ0) is 19.0. The zero-order valence-electron chi connectivity index (χ0n) is 14.1. The van der Waals surface area contributed by atoms with Gasteiger partial charge in [0.15, 0.2) is 4.77 Å². The van der Waals surface area contributed by atoms with Crippen molar-refractivity contribution in [3.8, 4) is 11.3 Å². The molecule has 0 radical (unpaired) electrons. The maximum absolute atomic E-state index is 11.3. The topological polar surface area (TPSA) is 88.2 Å². The van der Waals surface area contributed by atoms with Crippen LogP contribution >= 0.6 is 23.8 Å². The van der Waals surface area contributed by atoms with Gasteiger partial charge in [0, 0.05) is 48.1 Å². The summed E-state index contributed by atoms with van der Waals surface area (Å²) in [5.74, 6) is 1.20. The molecular formula is C18H15ClN4O3S. The number of hydrogen-bond donors (Lipinski definition) is 1. The van der Waals surface area contributed by atoms with Crippen molar-refractivity contribution in [3.63, 3.8) is 0 Å². The number of furan rings is 1. The number of nitro benzene ring substituents is 1. The highest BCUT2D eigenvalue weighted by molar-refractivity contribution is 7.71. The summed E-state index contributed by atoms with van der Waals surface area (Å²) in [5, 5.41) is 11.6. The molecule has 0 saturated carbocycles. The molecule has 0 saturated heterocycles. The predicted molar refractivity (Wildman–Crippen MR) is 103 cm³/mol. The number of fused-ring (bicyclic) bond motifs is 1. The Morgan fingerprint density at radius 2 is 2.22 bits per heavy atom. The van der Waals surface area contributed by atoms with Gasteiger partial charge in [0.25, 0.3) is 5.69 Å². The first-order valence-electron chi connectivity index (χ1n) is 8.32. The van der Waals surface area contributed by atoms with E-state index >= 15 is 0 Å². The summed E-state index contributed by atoms with van der Waals surface area (Å²) in [5.41, 5.74) is 2.59. The largest absolute Gasteiger partial charge is 0.459 e. The maximum atomic E-state index is 11.3. The highest BCUT2D eigenvalue weighted by Gasteiger charge is 2.21. The standard InChI is InChI=1S/C18H15ClN4O3S/c19-12-1-3-14(16(7-12)23(24)25)17-4-2-13(26-17)10-22-6-5-15-11(9-22)8-20-18(27)21-15/h1-4,7-8H,5-6,9-10H2,(H,20,21,27). The van der Waals surface area contributed by atoms with Crippen LogP contribution in [0.2, 0.25) is 5.02 Å². The van der Waals surface area contributed by atoms with Crippen molar-refractivity contribution < 1.29 is 9.34 Å². The van der Waals surface area contributed by atoms with Gasteiger partial charge in [-0.25, -0.2) is 4.98 Å². The predicted octanol–water partition coefficient (Wildman–Crippen LogP) is 4.52. The van der Waals surface area contributed by atoms with Crippen molar-refractivity contribution >= 4 is 29.5 Å². The second kappa shape index (κ2) is 7.22. The van der Waals surface area contributed by atoms with Crippen molar-refractivity contribution in [1.29, 1.82) is 0 Å². The van der Waals surface area contributed by atoms with E-state index in [-0.39, 0.29) is 5.69 Å². The molecule has 3 aromatic rings. The Kier molecular flexibility index (Phi) is 4.77. The summed E-state index contributed by atoms with van der Waals surface area (Å²) < 4.78 is 6.38. The Bertz CT molecular complexity index is 1080. The minimum Gasteiger partial charge on any atom is -0.459 e. The van der Waals surface area contributed by atoms with E-state index in [4.69, 9.17) is 28.2 Å². The Hall–Kier alpha value is -2.55. The van der Waals surface area contributed by atoms with Crippen LogP contribution in [0.15, 0.2) is 40.9 Å². The fraction of sp³-hybridized carbons (Fsp3) is 0.222. The highest BCUT2D eigenvalue weighted by Crippen LogP contribution is 2.33. The molecule has 1 aliphatic heterocycles. The smallest absolute Gasteiger partial charge is 0.281 e. The lowest BCUT2D eigenvalue weighted by Crippen LogP contribution is -2.30. The SMILES string of the molecule is O=[N+]([O-])c1cc(Cl)ccc1-c1ccc(CN2CCc3[nH]c(=S)ncc3C2)o1. The normalized spacial score (nSPS) is 14.1. The number of nitrogens with one attached hydrogen (secondary N) is 1. The van der Waals surface area contributed by atoms with Crippen molar-refractivity contribution in [2.24, 2.45) is 0 Å². The number of halogens is 1. The molecular weight excluding hydrogens is 388 g/mol.